The van der Waals surface area contributed by atoms with Gasteiger partial charge in [-0.2, -0.15) is 10.5 Å². The van der Waals surface area contributed by atoms with E-state index in [-0.39, 0.29) is 24.3 Å². The molecule has 0 N–H and O–H groups in total. The van der Waals surface area contributed by atoms with Gasteiger partial charge in [0.15, 0.2) is 0 Å². The molecule has 0 bridgehead atoms. The van der Waals surface area contributed by atoms with Gasteiger partial charge in [-0.15, -0.1) is 0 Å². The smallest absolute Gasteiger partial charge is 0.138 e. The minimum absolute atomic E-state index is 0.141. The number of ether oxygens (including phenoxy) is 6. The third kappa shape index (κ3) is 7.68. The molecule has 0 saturated carbocycles. The fraction of sp³-hybridized carbons (Fsp3) is 0.556. The standard InChI is InChI=1S/C18H24N2O6/c1-21-5-7-23-9-11-25-17-3-4-18(16(14-20)15(17)13-19)26-12-10-24-8-6-22-2/h3-4H,5-12H2,1-2H3. The molecule has 8 heteroatoms. The predicted molar refractivity (Wildman–Crippen MR) is 92.3 cm³/mol. The summed E-state index contributed by atoms with van der Waals surface area (Å²) in [5.41, 5.74) is 0.282. The second-order valence-corrected chi connectivity index (χ2v) is 4.94. The zero-order valence-electron chi connectivity index (χ0n) is 15.2. The molecule has 0 aromatic heterocycles. The molecule has 26 heavy (non-hydrogen) atoms. The molecule has 0 aliphatic rings. The molecule has 0 aliphatic heterocycles. The lowest BCUT2D eigenvalue weighted by molar-refractivity contribution is 0.0537. The molecule has 0 saturated heterocycles. The maximum atomic E-state index is 9.37. The summed E-state index contributed by atoms with van der Waals surface area (Å²) in [4.78, 5) is 0. The number of rotatable bonds is 14. The SMILES string of the molecule is COCCOCCOc1ccc(OCCOCCOC)c(C#N)c1C#N. The Morgan fingerprint density at radius 1 is 0.654 bits per heavy atom. The van der Waals surface area contributed by atoms with Gasteiger partial charge in [-0.1, -0.05) is 0 Å². The number of hydrogen-bond acceptors (Lipinski definition) is 8. The van der Waals surface area contributed by atoms with Crippen LogP contribution in [-0.4, -0.2) is 67.1 Å². The normalized spacial score (nSPS) is 10.2. The van der Waals surface area contributed by atoms with Crippen molar-refractivity contribution in [3.05, 3.63) is 23.3 Å². The summed E-state index contributed by atoms with van der Waals surface area (Å²) in [6.07, 6.45) is 0. The van der Waals surface area contributed by atoms with E-state index in [0.717, 1.165) is 0 Å². The molecular formula is C18H24N2O6. The Kier molecular flexibility index (Phi) is 11.6. The molecule has 1 aromatic rings. The topological polar surface area (TPSA) is 103 Å². The largest absolute Gasteiger partial charge is 0.490 e. The third-order valence-corrected chi connectivity index (χ3v) is 3.19. The van der Waals surface area contributed by atoms with Crippen LogP contribution in [0.3, 0.4) is 0 Å². The molecule has 0 aliphatic carbocycles. The summed E-state index contributed by atoms with van der Waals surface area (Å²) < 4.78 is 31.4. The van der Waals surface area contributed by atoms with E-state index in [1.807, 2.05) is 12.1 Å². The Hall–Kier alpha value is -2.36. The quantitative estimate of drug-likeness (QED) is 0.458. The first-order valence-electron chi connectivity index (χ1n) is 8.14. The van der Waals surface area contributed by atoms with Gasteiger partial charge in [-0.05, 0) is 12.1 Å². The third-order valence-electron chi connectivity index (χ3n) is 3.19. The van der Waals surface area contributed by atoms with Crippen LogP contribution in [0, 0.1) is 22.7 Å². The van der Waals surface area contributed by atoms with Gasteiger partial charge >= 0.3 is 0 Å². The van der Waals surface area contributed by atoms with Gasteiger partial charge in [-0.3, -0.25) is 0 Å². The first-order valence-corrected chi connectivity index (χ1v) is 8.14. The van der Waals surface area contributed by atoms with Crippen LogP contribution < -0.4 is 9.47 Å². The second-order valence-electron chi connectivity index (χ2n) is 4.94. The van der Waals surface area contributed by atoms with E-state index in [1.165, 1.54) is 0 Å². The van der Waals surface area contributed by atoms with Crippen molar-refractivity contribution in [1.82, 2.24) is 0 Å². The molecule has 0 fully saturated rings. The summed E-state index contributed by atoms with van der Waals surface area (Å²) in [6, 6.07) is 7.21. The van der Waals surface area contributed by atoms with E-state index < -0.39 is 0 Å². The van der Waals surface area contributed by atoms with E-state index in [2.05, 4.69) is 0 Å². The Bertz CT molecular complexity index is 556. The molecule has 142 valence electrons. The van der Waals surface area contributed by atoms with Gasteiger partial charge in [0.2, 0.25) is 0 Å². The van der Waals surface area contributed by atoms with Crippen molar-refractivity contribution in [3.8, 4) is 23.6 Å². The Morgan fingerprint density at radius 2 is 1.04 bits per heavy atom. The maximum Gasteiger partial charge on any atom is 0.138 e. The van der Waals surface area contributed by atoms with Crippen LogP contribution in [0.4, 0.5) is 0 Å². The van der Waals surface area contributed by atoms with Gasteiger partial charge < -0.3 is 28.4 Å². The highest BCUT2D eigenvalue weighted by Gasteiger charge is 2.15. The summed E-state index contributed by atoms with van der Waals surface area (Å²) in [5, 5.41) is 18.7. The van der Waals surface area contributed by atoms with E-state index in [1.54, 1.807) is 26.4 Å². The molecule has 1 aromatic carbocycles. The fourth-order valence-electron chi connectivity index (χ4n) is 1.94. The Balaban J connectivity index is 2.58. The van der Waals surface area contributed by atoms with Crippen molar-refractivity contribution in [2.45, 2.75) is 0 Å². The first kappa shape index (κ1) is 21.7. The van der Waals surface area contributed by atoms with Crippen molar-refractivity contribution in [3.63, 3.8) is 0 Å². The molecular weight excluding hydrogens is 340 g/mol. The molecule has 0 unspecified atom stereocenters. The van der Waals surface area contributed by atoms with E-state index in [9.17, 15) is 10.5 Å². The van der Waals surface area contributed by atoms with Crippen molar-refractivity contribution in [2.75, 3.05) is 67.1 Å². The summed E-state index contributed by atoms with van der Waals surface area (Å²) in [6.45, 7) is 3.17. The minimum atomic E-state index is 0.141. The lowest BCUT2D eigenvalue weighted by atomic mass is 10.1. The minimum Gasteiger partial charge on any atom is -0.490 e. The Morgan fingerprint density at radius 3 is 1.38 bits per heavy atom. The van der Waals surface area contributed by atoms with Crippen LogP contribution in [0.5, 0.6) is 11.5 Å². The lowest BCUT2D eigenvalue weighted by Crippen LogP contribution is -2.12. The highest BCUT2D eigenvalue weighted by molar-refractivity contribution is 5.60. The zero-order chi connectivity index (χ0) is 19.0. The summed E-state index contributed by atoms with van der Waals surface area (Å²) >= 11 is 0. The van der Waals surface area contributed by atoms with E-state index >= 15 is 0 Å². The van der Waals surface area contributed by atoms with Gasteiger partial charge in [0.05, 0.1) is 39.6 Å². The van der Waals surface area contributed by atoms with Crippen molar-refractivity contribution in [2.24, 2.45) is 0 Å². The Labute approximate surface area is 153 Å². The van der Waals surface area contributed by atoms with Gasteiger partial charge in [-0.25, -0.2) is 0 Å². The number of hydrogen-bond donors (Lipinski definition) is 0. The monoisotopic (exact) mass is 364 g/mol. The molecule has 0 spiro atoms. The van der Waals surface area contributed by atoms with Crippen LogP contribution in [0.25, 0.3) is 0 Å². The molecule has 0 atom stereocenters. The molecule has 0 heterocycles. The van der Waals surface area contributed by atoms with Gasteiger partial charge in [0, 0.05) is 14.2 Å². The molecule has 0 amide bonds. The van der Waals surface area contributed by atoms with Crippen LogP contribution in [0.1, 0.15) is 11.1 Å². The van der Waals surface area contributed by atoms with Crippen molar-refractivity contribution in [1.29, 1.82) is 10.5 Å². The first-order chi connectivity index (χ1) is 12.8. The number of benzene rings is 1. The fourth-order valence-corrected chi connectivity index (χ4v) is 1.94. The highest BCUT2D eigenvalue weighted by Crippen LogP contribution is 2.29. The van der Waals surface area contributed by atoms with Crippen LogP contribution in [-0.2, 0) is 18.9 Å². The average Bonchev–Trinajstić information content (AvgIpc) is 2.67. The molecule has 8 nitrogen and oxygen atoms in total. The predicted octanol–water partition coefficient (Wildman–Crippen LogP) is 1.51. The van der Waals surface area contributed by atoms with Crippen molar-refractivity contribution >= 4 is 0 Å². The zero-order valence-corrected chi connectivity index (χ0v) is 15.2. The van der Waals surface area contributed by atoms with Crippen LogP contribution in [0.15, 0.2) is 12.1 Å². The van der Waals surface area contributed by atoms with E-state index in [0.29, 0.717) is 51.1 Å². The van der Waals surface area contributed by atoms with Crippen LogP contribution >= 0.6 is 0 Å². The number of methoxy groups -OCH3 is 2. The molecule has 1 rings (SSSR count). The number of nitrogens with zero attached hydrogens (tertiary/aromatic N) is 2. The summed E-state index contributed by atoms with van der Waals surface area (Å²) in [7, 11) is 3.19. The highest BCUT2D eigenvalue weighted by atomic mass is 16.5. The van der Waals surface area contributed by atoms with Crippen LogP contribution in [0.2, 0.25) is 0 Å². The van der Waals surface area contributed by atoms with Gasteiger partial charge in [0.25, 0.3) is 0 Å². The summed E-state index contributed by atoms with van der Waals surface area (Å²) in [5.74, 6) is 0.645. The average molecular weight is 364 g/mol. The molecule has 0 radical (unpaired) electrons. The second kappa shape index (κ2) is 13.9. The van der Waals surface area contributed by atoms with Gasteiger partial charge in [0.1, 0.15) is 48.0 Å². The lowest BCUT2D eigenvalue weighted by Gasteiger charge is -2.13. The maximum absolute atomic E-state index is 9.37. The van der Waals surface area contributed by atoms with Crippen molar-refractivity contribution < 1.29 is 28.4 Å². The number of nitriles is 2. The van der Waals surface area contributed by atoms with E-state index in [4.69, 9.17) is 28.4 Å².